The van der Waals surface area contributed by atoms with E-state index in [9.17, 15) is 0 Å². The summed E-state index contributed by atoms with van der Waals surface area (Å²) in [6.45, 7) is 11.1. The monoisotopic (exact) mass is 296 g/mol. The van der Waals surface area contributed by atoms with Gasteiger partial charge in [0.05, 0.1) is 0 Å². The molecule has 2 unspecified atom stereocenters. The maximum Gasteiger partial charge on any atom is 0.128 e. The van der Waals surface area contributed by atoms with Crippen LogP contribution in [0.3, 0.4) is 0 Å². The van der Waals surface area contributed by atoms with Gasteiger partial charge < -0.3 is 4.74 Å². The molecule has 22 heavy (non-hydrogen) atoms. The second-order valence-corrected chi connectivity index (χ2v) is 7.15. The largest absolute Gasteiger partial charge is 0.485 e. The van der Waals surface area contributed by atoms with Crippen LogP contribution in [0.5, 0.6) is 5.75 Å². The number of ether oxygens (including phenoxy) is 1. The highest BCUT2D eigenvalue weighted by Gasteiger charge is 2.28. The summed E-state index contributed by atoms with van der Waals surface area (Å²) in [4.78, 5) is 0. The Morgan fingerprint density at radius 1 is 0.864 bits per heavy atom. The molecule has 0 N–H and O–H groups in total. The number of rotatable bonds is 5. The van der Waals surface area contributed by atoms with Crippen LogP contribution in [0.15, 0.2) is 54.6 Å². The molecule has 0 fully saturated rings. The van der Waals surface area contributed by atoms with Gasteiger partial charge in [-0.25, -0.2) is 0 Å². The van der Waals surface area contributed by atoms with Gasteiger partial charge in [0.15, 0.2) is 0 Å². The Hall–Kier alpha value is -1.76. The highest BCUT2D eigenvalue weighted by atomic mass is 16.5. The molecule has 0 aliphatic heterocycles. The van der Waals surface area contributed by atoms with Gasteiger partial charge >= 0.3 is 0 Å². The van der Waals surface area contributed by atoms with Crippen molar-refractivity contribution in [2.24, 2.45) is 5.41 Å². The number of hydrogen-bond donors (Lipinski definition) is 0. The molecule has 2 atom stereocenters. The van der Waals surface area contributed by atoms with E-state index in [0.717, 1.165) is 12.2 Å². The summed E-state index contributed by atoms with van der Waals surface area (Å²) in [7, 11) is 0. The zero-order chi connectivity index (χ0) is 16.2. The minimum Gasteiger partial charge on any atom is -0.485 e. The molecule has 1 heteroatoms. The van der Waals surface area contributed by atoms with Gasteiger partial charge in [-0.15, -0.1) is 0 Å². The molecule has 0 heterocycles. The molecule has 118 valence electrons. The molecule has 0 saturated heterocycles. The lowest BCUT2D eigenvalue weighted by Gasteiger charge is -2.31. The topological polar surface area (TPSA) is 9.23 Å². The quantitative estimate of drug-likeness (QED) is 0.623. The zero-order valence-electron chi connectivity index (χ0n) is 14.5. The van der Waals surface area contributed by atoms with Crippen molar-refractivity contribution in [3.63, 3.8) is 0 Å². The number of benzene rings is 2. The fraction of sp³-hybridized carbons (Fsp3) is 0.429. The van der Waals surface area contributed by atoms with E-state index in [1.807, 2.05) is 6.07 Å². The molecule has 2 aromatic carbocycles. The molecule has 0 aliphatic rings. The highest BCUT2D eigenvalue weighted by molar-refractivity contribution is 5.30. The van der Waals surface area contributed by atoms with Crippen molar-refractivity contribution >= 4 is 0 Å². The van der Waals surface area contributed by atoms with Crippen LogP contribution in [0.4, 0.5) is 0 Å². The first-order valence-electron chi connectivity index (χ1n) is 8.23. The Morgan fingerprint density at radius 2 is 1.45 bits per heavy atom. The van der Waals surface area contributed by atoms with E-state index in [0.29, 0.717) is 5.92 Å². The maximum atomic E-state index is 6.33. The molecule has 2 rings (SSSR count). The van der Waals surface area contributed by atoms with Gasteiger partial charge in [-0.05, 0) is 35.6 Å². The van der Waals surface area contributed by atoms with Gasteiger partial charge in [0.2, 0.25) is 0 Å². The minimum atomic E-state index is 0.0384. The van der Waals surface area contributed by atoms with E-state index in [-0.39, 0.29) is 11.5 Å². The Balaban J connectivity index is 2.21. The van der Waals surface area contributed by atoms with Crippen LogP contribution >= 0.6 is 0 Å². The van der Waals surface area contributed by atoms with E-state index in [1.54, 1.807) is 0 Å². The Morgan fingerprint density at radius 3 is 1.95 bits per heavy atom. The van der Waals surface area contributed by atoms with Crippen molar-refractivity contribution in [3.05, 3.63) is 65.7 Å². The second-order valence-electron chi connectivity index (χ2n) is 7.15. The van der Waals surface area contributed by atoms with Gasteiger partial charge in [0.1, 0.15) is 11.9 Å². The first-order chi connectivity index (χ1) is 10.4. The molecule has 0 aliphatic carbocycles. The lowest BCUT2D eigenvalue weighted by Crippen LogP contribution is -2.23. The third-order valence-electron chi connectivity index (χ3n) is 4.20. The van der Waals surface area contributed by atoms with Gasteiger partial charge in [-0.1, -0.05) is 77.1 Å². The SMILES string of the molecule is CCC(C)c1ccc(OC(c2ccccc2)C(C)(C)C)cc1. The standard InChI is InChI=1S/C21H28O/c1-6-16(2)17-12-14-19(15-13-17)22-20(21(3,4)5)18-10-8-7-9-11-18/h7-16,20H,6H2,1-5H3. The summed E-state index contributed by atoms with van der Waals surface area (Å²) >= 11 is 0. The highest BCUT2D eigenvalue weighted by Crippen LogP contribution is 2.37. The van der Waals surface area contributed by atoms with Crippen LogP contribution in [-0.2, 0) is 0 Å². The van der Waals surface area contributed by atoms with Gasteiger partial charge in [-0.2, -0.15) is 0 Å². The summed E-state index contributed by atoms with van der Waals surface area (Å²) in [5, 5.41) is 0. The van der Waals surface area contributed by atoms with E-state index >= 15 is 0 Å². The smallest absolute Gasteiger partial charge is 0.128 e. The molecular weight excluding hydrogens is 268 g/mol. The Bertz CT molecular complexity index is 563. The molecule has 0 aromatic heterocycles. The molecule has 2 aromatic rings. The lowest BCUT2D eigenvalue weighted by molar-refractivity contribution is 0.0868. The van der Waals surface area contributed by atoms with Crippen molar-refractivity contribution in [1.29, 1.82) is 0 Å². The third-order valence-corrected chi connectivity index (χ3v) is 4.20. The van der Waals surface area contributed by atoms with Gasteiger partial charge in [0.25, 0.3) is 0 Å². The van der Waals surface area contributed by atoms with E-state index in [4.69, 9.17) is 4.74 Å². The maximum absolute atomic E-state index is 6.33. The van der Waals surface area contributed by atoms with Crippen LogP contribution in [0.1, 0.15) is 64.2 Å². The van der Waals surface area contributed by atoms with Crippen LogP contribution < -0.4 is 4.74 Å². The minimum absolute atomic E-state index is 0.0384. The predicted molar refractivity (Wildman–Crippen MR) is 94.4 cm³/mol. The summed E-state index contributed by atoms with van der Waals surface area (Å²) in [6, 6.07) is 19.1. The molecular formula is C21H28O. The average Bonchev–Trinajstić information content (AvgIpc) is 2.52. The van der Waals surface area contributed by atoms with Gasteiger partial charge in [0, 0.05) is 5.41 Å². The Labute approximate surface area is 135 Å². The average molecular weight is 296 g/mol. The molecule has 1 nitrogen and oxygen atoms in total. The third kappa shape index (κ3) is 4.13. The molecule has 0 radical (unpaired) electrons. The van der Waals surface area contributed by atoms with Crippen molar-refractivity contribution in [3.8, 4) is 5.75 Å². The molecule has 0 spiro atoms. The van der Waals surface area contributed by atoms with E-state index in [2.05, 4.69) is 83.1 Å². The molecule has 0 amide bonds. The zero-order valence-corrected chi connectivity index (χ0v) is 14.5. The summed E-state index contributed by atoms with van der Waals surface area (Å²) in [6.07, 6.45) is 1.21. The predicted octanol–water partition coefficient (Wildman–Crippen LogP) is 6.37. The van der Waals surface area contributed by atoms with Crippen LogP contribution in [-0.4, -0.2) is 0 Å². The summed E-state index contributed by atoms with van der Waals surface area (Å²) in [5.74, 6) is 1.54. The van der Waals surface area contributed by atoms with E-state index < -0.39 is 0 Å². The second kappa shape index (κ2) is 7.00. The first-order valence-corrected chi connectivity index (χ1v) is 8.23. The summed E-state index contributed by atoms with van der Waals surface area (Å²) in [5.41, 5.74) is 2.64. The lowest BCUT2D eigenvalue weighted by atomic mass is 9.84. The first kappa shape index (κ1) is 16.6. The van der Waals surface area contributed by atoms with Crippen LogP contribution in [0.25, 0.3) is 0 Å². The molecule has 0 saturated carbocycles. The van der Waals surface area contributed by atoms with Crippen molar-refractivity contribution < 1.29 is 4.74 Å². The van der Waals surface area contributed by atoms with Crippen molar-refractivity contribution in [2.45, 2.75) is 53.1 Å². The van der Waals surface area contributed by atoms with E-state index in [1.165, 1.54) is 11.1 Å². The fourth-order valence-electron chi connectivity index (χ4n) is 2.62. The van der Waals surface area contributed by atoms with Gasteiger partial charge in [-0.3, -0.25) is 0 Å². The fourth-order valence-corrected chi connectivity index (χ4v) is 2.62. The number of hydrogen-bond acceptors (Lipinski definition) is 1. The normalized spacial score (nSPS) is 14.4. The molecule has 0 bridgehead atoms. The van der Waals surface area contributed by atoms with Crippen molar-refractivity contribution in [1.82, 2.24) is 0 Å². The van der Waals surface area contributed by atoms with Crippen LogP contribution in [0, 0.1) is 5.41 Å². The van der Waals surface area contributed by atoms with Crippen LogP contribution in [0.2, 0.25) is 0 Å². The summed E-state index contributed by atoms with van der Waals surface area (Å²) < 4.78 is 6.33. The Kier molecular flexibility index (Phi) is 5.28. The van der Waals surface area contributed by atoms with Crippen molar-refractivity contribution in [2.75, 3.05) is 0 Å².